The van der Waals surface area contributed by atoms with E-state index in [-0.39, 0.29) is 23.6 Å². The van der Waals surface area contributed by atoms with Crippen molar-refractivity contribution >= 4 is 23.3 Å². The summed E-state index contributed by atoms with van der Waals surface area (Å²) in [6.45, 7) is 6.11. The number of anilines is 1. The van der Waals surface area contributed by atoms with Crippen LogP contribution in [0.15, 0.2) is 30.3 Å². The molecule has 208 valence electrons. The highest BCUT2D eigenvalue weighted by atomic mass is 19.1. The first-order chi connectivity index (χ1) is 18.8. The summed E-state index contributed by atoms with van der Waals surface area (Å²) < 4.78 is 22.2. The maximum atomic E-state index is 15.2. The number of halogens is 1. The van der Waals surface area contributed by atoms with E-state index < -0.39 is 11.9 Å². The van der Waals surface area contributed by atoms with E-state index in [9.17, 15) is 9.59 Å². The molecule has 9 nitrogen and oxygen atoms in total. The Labute approximate surface area is 228 Å². The van der Waals surface area contributed by atoms with Crippen molar-refractivity contribution in [1.29, 1.82) is 0 Å². The van der Waals surface area contributed by atoms with E-state index in [1.807, 2.05) is 18.9 Å². The number of likely N-dealkylation sites (N-methyl/N-ethyl adjacent to an activating group) is 1. The van der Waals surface area contributed by atoms with Crippen LogP contribution in [0.4, 0.5) is 14.9 Å². The monoisotopic (exact) mass is 536 g/mol. The van der Waals surface area contributed by atoms with Crippen LogP contribution >= 0.6 is 0 Å². The molecule has 0 aliphatic carbocycles. The van der Waals surface area contributed by atoms with Crippen LogP contribution < -0.4 is 5.32 Å². The quantitative estimate of drug-likeness (QED) is 0.469. The largest absolute Gasteiger partial charge is 0.448 e. The lowest BCUT2D eigenvalue weighted by atomic mass is 10.1. The molecule has 0 radical (unpaired) electrons. The lowest BCUT2D eigenvalue weighted by molar-refractivity contribution is 0.0691. The van der Waals surface area contributed by atoms with Gasteiger partial charge in [0.2, 0.25) is 0 Å². The van der Waals surface area contributed by atoms with Crippen molar-refractivity contribution in [3.63, 3.8) is 0 Å². The second-order valence-corrected chi connectivity index (χ2v) is 10.7. The topological polar surface area (TPSA) is 92.1 Å². The summed E-state index contributed by atoms with van der Waals surface area (Å²) in [5, 5.41) is 7.21. The van der Waals surface area contributed by atoms with E-state index in [4.69, 9.17) is 4.74 Å². The van der Waals surface area contributed by atoms with Gasteiger partial charge in [0.05, 0.1) is 5.69 Å². The third-order valence-electron chi connectivity index (χ3n) is 7.97. The van der Waals surface area contributed by atoms with Gasteiger partial charge in [0.15, 0.2) is 5.65 Å². The minimum atomic E-state index is -0.608. The lowest BCUT2D eigenvalue weighted by Gasteiger charge is -2.27. The standard InChI is InChI=1S/C29H37FN6O3/c1-4-21-16-26(28(37)35-14-7-5-6-9-19(35)2)32-27-17-25(33-36(21)27)23-12-11-20(15-24(23)30)31-29(38)39-18-22-10-8-13-34(22)3/h11-12,15-17,19,22H,4-10,13-14,18H2,1-3H3,(H,31,38). The Hall–Kier alpha value is -3.53. The van der Waals surface area contributed by atoms with Gasteiger partial charge in [0, 0.05) is 41.6 Å². The molecule has 4 heterocycles. The average molecular weight is 537 g/mol. The summed E-state index contributed by atoms with van der Waals surface area (Å²) in [4.78, 5) is 34.4. The van der Waals surface area contributed by atoms with Gasteiger partial charge in [-0.2, -0.15) is 5.10 Å². The van der Waals surface area contributed by atoms with Crippen molar-refractivity contribution in [2.75, 3.05) is 32.1 Å². The molecule has 3 aromatic rings. The van der Waals surface area contributed by atoms with Crippen molar-refractivity contribution < 1.29 is 18.7 Å². The number of amides is 2. The van der Waals surface area contributed by atoms with Gasteiger partial charge in [-0.05, 0) is 76.9 Å². The molecule has 2 amide bonds. The molecule has 10 heteroatoms. The van der Waals surface area contributed by atoms with Crippen molar-refractivity contribution in [2.45, 2.75) is 70.9 Å². The van der Waals surface area contributed by atoms with Gasteiger partial charge in [0.25, 0.3) is 5.91 Å². The molecule has 0 bridgehead atoms. The van der Waals surface area contributed by atoms with Crippen LogP contribution in [0.5, 0.6) is 0 Å². The summed E-state index contributed by atoms with van der Waals surface area (Å²) in [6, 6.07) is 8.33. The Morgan fingerprint density at radius 3 is 2.69 bits per heavy atom. The highest BCUT2D eigenvalue weighted by molar-refractivity contribution is 5.93. The van der Waals surface area contributed by atoms with Crippen molar-refractivity contribution in [3.8, 4) is 11.3 Å². The fraction of sp³-hybridized carbons (Fsp3) is 0.517. The van der Waals surface area contributed by atoms with E-state index in [0.717, 1.165) is 57.3 Å². The van der Waals surface area contributed by atoms with Gasteiger partial charge in [-0.1, -0.05) is 19.8 Å². The number of hydrogen-bond acceptors (Lipinski definition) is 6. The molecule has 2 atom stereocenters. The summed E-state index contributed by atoms with van der Waals surface area (Å²) in [6.07, 6.45) is 6.36. The molecule has 5 rings (SSSR count). The summed E-state index contributed by atoms with van der Waals surface area (Å²) in [7, 11) is 2.01. The van der Waals surface area contributed by atoms with Gasteiger partial charge in [-0.3, -0.25) is 10.1 Å². The second-order valence-electron chi connectivity index (χ2n) is 10.7. The van der Waals surface area contributed by atoms with Crippen molar-refractivity contribution in [2.24, 2.45) is 0 Å². The minimum absolute atomic E-state index is 0.0718. The van der Waals surface area contributed by atoms with Crippen LogP contribution in [-0.4, -0.2) is 75.2 Å². The number of carbonyl (C=O) groups is 2. The number of hydrogen-bond donors (Lipinski definition) is 1. The molecule has 2 aliphatic rings. The first-order valence-electron chi connectivity index (χ1n) is 14.0. The Bertz CT molecular complexity index is 1360. The Balaban J connectivity index is 1.33. The van der Waals surface area contributed by atoms with Crippen LogP contribution in [0, 0.1) is 5.82 Å². The molecule has 2 saturated heterocycles. The predicted octanol–water partition coefficient (Wildman–Crippen LogP) is 5.15. The number of aryl methyl sites for hydroxylation is 1. The number of likely N-dealkylation sites (tertiary alicyclic amines) is 2. The van der Waals surface area contributed by atoms with Crippen LogP contribution in [0.2, 0.25) is 0 Å². The third-order valence-corrected chi connectivity index (χ3v) is 7.97. The Morgan fingerprint density at radius 2 is 1.95 bits per heavy atom. The Morgan fingerprint density at radius 1 is 1.10 bits per heavy atom. The number of aromatic nitrogens is 3. The zero-order valence-corrected chi connectivity index (χ0v) is 23.0. The number of nitrogens with one attached hydrogen (secondary N) is 1. The number of ether oxygens (including phenoxy) is 1. The normalized spacial score (nSPS) is 20.3. The number of fused-ring (bicyclic) bond motifs is 1. The number of benzene rings is 1. The van der Waals surface area contributed by atoms with Gasteiger partial charge in [0.1, 0.15) is 18.1 Å². The number of nitrogens with zero attached hydrogens (tertiary/aromatic N) is 5. The van der Waals surface area contributed by atoms with E-state index >= 15 is 4.39 Å². The van der Waals surface area contributed by atoms with Crippen LogP contribution in [-0.2, 0) is 11.2 Å². The van der Waals surface area contributed by atoms with Gasteiger partial charge in [-0.25, -0.2) is 18.7 Å². The first kappa shape index (κ1) is 27.1. The molecule has 2 aromatic heterocycles. The fourth-order valence-corrected chi connectivity index (χ4v) is 5.57. The molecule has 1 N–H and O–H groups in total. The number of rotatable bonds is 6. The molecule has 0 spiro atoms. The minimum Gasteiger partial charge on any atom is -0.448 e. The maximum absolute atomic E-state index is 15.2. The van der Waals surface area contributed by atoms with E-state index in [1.165, 1.54) is 6.07 Å². The van der Waals surface area contributed by atoms with E-state index in [0.29, 0.717) is 35.8 Å². The van der Waals surface area contributed by atoms with Gasteiger partial charge in [-0.15, -0.1) is 0 Å². The first-order valence-corrected chi connectivity index (χ1v) is 14.0. The molecule has 39 heavy (non-hydrogen) atoms. The van der Waals surface area contributed by atoms with Gasteiger partial charge >= 0.3 is 6.09 Å². The van der Waals surface area contributed by atoms with Crippen molar-refractivity contribution in [3.05, 3.63) is 47.5 Å². The van der Waals surface area contributed by atoms with Crippen LogP contribution in [0.1, 0.15) is 68.6 Å². The van der Waals surface area contributed by atoms with Crippen LogP contribution in [0.25, 0.3) is 16.9 Å². The average Bonchev–Trinajstić information content (AvgIpc) is 3.47. The lowest BCUT2D eigenvalue weighted by Crippen LogP contribution is -2.38. The smallest absolute Gasteiger partial charge is 0.411 e. The predicted molar refractivity (Wildman–Crippen MR) is 147 cm³/mol. The van der Waals surface area contributed by atoms with Crippen LogP contribution in [0.3, 0.4) is 0 Å². The van der Waals surface area contributed by atoms with Gasteiger partial charge < -0.3 is 14.5 Å². The number of carbonyl (C=O) groups excluding carboxylic acids is 2. The molecule has 2 unspecified atom stereocenters. The molecular formula is C29H37FN6O3. The fourth-order valence-electron chi connectivity index (χ4n) is 5.57. The summed E-state index contributed by atoms with van der Waals surface area (Å²) in [5.74, 6) is -0.600. The maximum Gasteiger partial charge on any atom is 0.411 e. The zero-order chi connectivity index (χ0) is 27.5. The molecule has 2 fully saturated rings. The molecule has 2 aliphatic heterocycles. The van der Waals surface area contributed by atoms with E-state index in [2.05, 4.69) is 27.2 Å². The zero-order valence-electron chi connectivity index (χ0n) is 23.0. The highest BCUT2D eigenvalue weighted by Crippen LogP contribution is 2.27. The third kappa shape index (κ3) is 5.90. The Kier molecular flexibility index (Phi) is 8.11. The SMILES string of the molecule is CCc1cc(C(=O)N2CCCCCC2C)nc2cc(-c3ccc(NC(=O)OCC4CCCN4C)cc3F)nn12. The molecule has 1 aromatic carbocycles. The molecule has 0 saturated carbocycles. The summed E-state index contributed by atoms with van der Waals surface area (Å²) in [5.41, 5.74) is 2.70. The van der Waals surface area contributed by atoms with E-state index in [1.54, 1.807) is 28.8 Å². The highest BCUT2D eigenvalue weighted by Gasteiger charge is 2.26. The summed E-state index contributed by atoms with van der Waals surface area (Å²) >= 11 is 0. The second kappa shape index (κ2) is 11.7. The molecular weight excluding hydrogens is 499 g/mol. The van der Waals surface area contributed by atoms with Crippen molar-refractivity contribution in [1.82, 2.24) is 24.4 Å².